The number of hydrogen-bond acceptors (Lipinski definition) is 2. The van der Waals surface area contributed by atoms with Gasteiger partial charge in [0.15, 0.2) is 0 Å². The molecule has 17 heavy (non-hydrogen) atoms. The Kier molecular flexibility index (Phi) is 5.01. The van der Waals surface area contributed by atoms with Gasteiger partial charge in [-0.05, 0) is 43.9 Å². The molecule has 94 valence electrons. The summed E-state index contributed by atoms with van der Waals surface area (Å²) in [5, 5.41) is 3.38. The standard InChI is InChI=1S/C14H22N2O/c1-10(2)7-8-11(3)16-13-6-4-5-12(9-13)14(15)17/h4-6,9-11,16H,7-8H2,1-3H3,(H2,15,17). The molecular formula is C14H22N2O. The number of carbonyl (C=O) groups is 1. The number of nitrogens with one attached hydrogen (secondary N) is 1. The van der Waals surface area contributed by atoms with Crippen LogP contribution in [0.5, 0.6) is 0 Å². The van der Waals surface area contributed by atoms with Crippen molar-refractivity contribution >= 4 is 11.6 Å². The maximum atomic E-state index is 11.0. The van der Waals surface area contributed by atoms with E-state index in [1.807, 2.05) is 12.1 Å². The first-order chi connectivity index (χ1) is 7.99. The molecule has 3 heteroatoms. The van der Waals surface area contributed by atoms with Gasteiger partial charge in [-0.15, -0.1) is 0 Å². The van der Waals surface area contributed by atoms with Crippen molar-refractivity contribution in [1.29, 1.82) is 0 Å². The second-order valence-corrected chi connectivity index (χ2v) is 4.96. The van der Waals surface area contributed by atoms with Crippen LogP contribution in [0.2, 0.25) is 0 Å². The number of amides is 1. The summed E-state index contributed by atoms with van der Waals surface area (Å²) in [4.78, 5) is 11.0. The minimum Gasteiger partial charge on any atom is -0.383 e. The highest BCUT2D eigenvalue weighted by Gasteiger charge is 2.05. The molecule has 0 aliphatic rings. The van der Waals surface area contributed by atoms with Crippen LogP contribution < -0.4 is 11.1 Å². The molecule has 0 saturated carbocycles. The van der Waals surface area contributed by atoms with Gasteiger partial charge in [-0.25, -0.2) is 0 Å². The minimum absolute atomic E-state index is 0.386. The summed E-state index contributed by atoms with van der Waals surface area (Å²) < 4.78 is 0. The summed E-state index contributed by atoms with van der Waals surface area (Å²) in [5.74, 6) is 0.333. The Morgan fingerprint density at radius 3 is 2.59 bits per heavy atom. The lowest BCUT2D eigenvalue weighted by atomic mass is 10.0. The molecule has 0 aliphatic carbocycles. The van der Waals surface area contributed by atoms with Gasteiger partial charge in [-0.3, -0.25) is 4.79 Å². The van der Waals surface area contributed by atoms with E-state index in [0.29, 0.717) is 11.6 Å². The quantitative estimate of drug-likeness (QED) is 0.795. The van der Waals surface area contributed by atoms with Crippen molar-refractivity contribution in [1.82, 2.24) is 0 Å². The summed E-state index contributed by atoms with van der Waals surface area (Å²) in [7, 11) is 0. The van der Waals surface area contributed by atoms with Crippen molar-refractivity contribution in [3.8, 4) is 0 Å². The van der Waals surface area contributed by atoms with Crippen molar-refractivity contribution < 1.29 is 4.79 Å². The Hall–Kier alpha value is -1.51. The molecular weight excluding hydrogens is 212 g/mol. The van der Waals surface area contributed by atoms with Gasteiger partial charge in [0.2, 0.25) is 5.91 Å². The number of primary amides is 1. The average Bonchev–Trinajstić information content (AvgIpc) is 2.26. The lowest BCUT2D eigenvalue weighted by Gasteiger charge is -2.16. The van der Waals surface area contributed by atoms with Crippen LogP contribution in [0.15, 0.2) is 24.3 Å². The average molecular weight is 234 g/mol. The fourth-order valence-electron chi connectivity index (χ4n) is 1.70. The number of hydrogen-bond donors (Lipinski definition) is 2. The zero-order chi connectivity index (χ0) is 12.8. The fourth-order valence-corrected chi connectivity index (χ4v) is 1.70. The third-order valence-corrected chi connectivity index (χ3v) is 2.74. The van der Waals surface area contributed by atoms with Gasteiger partial charge in [0, 0.05) is 17.3 Å². The summed E-state index contributed by atoms with van der Waals surface area (Å²) in [6.07, 6.45) is 2.32. The summed E-state index contributed by atoms with van der Waals surface area (Å²) in [6, 6.07) is 7.73. The molecule has 0 aromatic heterocycles. The highest BCUT2D eigenvalue weighted by Crippen LogP contribution is 2.14. The summed E-state index contributed by atoms with van der Waals surface area (Å²) in [5.41, 5.74) is 6.75. The van der Waals surface area contributed by atoms with Crippen molar-refractivity contribution in [3.05, 3.63) is 29.8 Å². The number of anilines is 1. The van der Waals surface area contributed by atoms with Gasteiger partial charge in [0.25, 0.3) is 0 Å². The topological polar surface area (TPSA) is 55.1 Å². The maximum absolute atomic E-state index is 11.0. The van der Waals surface area contributed by atoms with E-state index < -0.39 is 0 Å². The van der Waals surface area contributed by atoms with Crippen LogP contribution in [0.4, 0.5) is 5.69 Å². The van der Waals surface area contributed by atoms with E-state index in [0.717, 1.165) is 18.0 Å². The Morgan fingerprint density at radius 2 is 2.00 bits per heavy atom. The van der Waals surface area contributed by atoms with Crippen molar-refractivity contribution in [3.63, 3.8) is 0 Å². The largest absolute Gasteiger partial charge is 0.383 e. The van der Waals surface area contributed by atoms with E-state index in [-0.39, 0.29) is 5.91 Å². The lowest BCUT2D eigenvalue weighted by molar-refractivity contribution is 0.100. The highest BCUT2D eigenvalue weighted by molar-refractivity contribution is 5.93. The first kappa shape index (κ1) is 13.6. The number of benzene rings is 1. The maximum Gasteiger partial charge on any atom is 0.248 e. The van der Waals surface area contributed by atoms with Crippen LogP contribution in [-0.2, 0) is 0 Å². The normalized spacial score (nSPS) is 12.5. The van der Waals surface area contributed by atoms with Crippen LogP contribution in [0.3, 0.4) is 0 Å². The second-order valence-electron chi connectivity index (χ2n) is 4.96. The molecule has 0 fully saturated rings. The highest BCUT2D eigenvalue weighted by atomic mass is 16.1. The summed E-state index contributed by atoms with van der Waals surface area (Å²) >= 11 is 0. The van der Waals surface area contributed by atoms with Gasteiger partial charge in [0.1, 0.15) is 0 Å². The Bertz CT molecular complexity index is 374. The van der Waals surface area contributed by atoms with Crippen molar-refractivity contribution in [2.45, 2.75) is 39.7 Å². The van der Waals surface area contributed by atoms with Crippen molar-refractivity contribution in [2.24, 2.45) is 11.7 Å². The Labute approximate surface area is 103 Å². The lowest BCUT2D eigenvalue weighted by Crippen LogP contribution is -2.17. The van der Waals surface area contributed by atoms with Crippen LogP contribution in [0.25, 0.3) is 0 Å². The van der Waals surface area contributed by atoms with Crippen LogP contribution in [0, 0.1) is 5.92 Å². The molecule has 1 unspecified atom stereocenters. The molecule has 3 N–H and O–H groups in total. The van der Waals surface area contributed by atoms with Crippen LogP contribution >= 0.6 is 0 Å². The number of rotatable bonds is 6. The van der Waals surface area contributed by atoms with E-state index in [4.69, 9.17) is 5.73 Å². The Balaban J connectivity index is 2.56. The predicted octanol–water partition coefficient (Wildman–Crippen LogP) is 3.02. The molecule has 0 heterocycles. The molecule has 3 nitrogen and oxygen atoms in total. The number of carbonyl (C=O) groups excluding carboxylic acids is 1. The smallest absolute Gasteiger partial charge is 0.248 e. The van der Waals surface area contributed by atoms with Crippen molar-refractivity contribution in [2.75, 3.05) is 5.32 Å². The van der Waals surface area contributed by atoms with Crippen LogP contribution in [-0.4, -0.2) is 11.9 Å². The van der Waals surface area contributed by atoms with E-state index in [9.17, 15) is 4.79 Å². The first-order valence-corrected chi connectivity index (χ1v) is 6.15. The molecule has 1 aromatic rings. The first-order valence-electron chi connectivity index (χ1n) is 6.15. The number of nitrogens with two attached hydrogens (primary N) is 1. The molecule has 1 amide bonds. The monoisotopic (exact) mass is 234 g/mol. The molecule has 1 atom stereocenters. The third kappa shape index (κ3) is 4.89. The fraction of sp³-hybridized carbons (Fsp3) is 0.500. The molecule has 0 aliphatic heterocycles. The molecule has 0 bridgehead atoms. The zero-order valence-corrected chi connectivity index (χ0v) is 10.9. The van der Waals surface area contributed by atoms with Gasteiger partial charge >= 0.3 is 0 Å². The predicted molar refractivity (Wildman–Crippen MR) is 72.1 cm³/mol. The minimum atomic E-state index is -0.386. The Morgan fingerprint density at radius 1 is 1.29 bits per heavy atom. The molecule has 1 aromatic carbocycles. The molecule has 0 spiro atoms. The third-order valence-electron chi connectivity index (χ3n) is 2.74. The van der Waals surface area contributed by atoms with Gasteiger partial charge < -0.3 is 11.1 Å². The van der Waals surface area contributed by atoms with E-state index in [1.54, 1.807) is 12.1 Å². The van der Waals surface area contributed by atoms with E-state index >= 15 is 0 Å². The summed E-state index contributed by atoms with van der Waals surface area (Å²) in [6.45, 7) is 6.60. The van der Waals surface area contributed by atoms with E-state index in [1.165, 1.54) is 6.42 Å². The molecule has 0 saturated heterocycles. The van der Waals surface area contributed by atoms with Gasteiger partial charge in [-0.1, -0.05) is 19.9 Å². The molecule has 0 radical (unpaired) electrons. The zero-order valence-electron chi connectivity index (χ0n) is 10.9. The molecule has 1 rings (SSSR count). The van der Waals surface area contributed by atoms with Crippen LogP contribution in [0.1, 0.15) is 44.0 Å². The van der Waals surface area contributed by atoms with Gasteiger partial charge in [0.05, 0.1) is 0 Å². The SMILES string of the molecule is CC(C)CCC(C)Nc1cccc(C(N)=O)c1. The second kappa shape index (κ2) is 6.28. The van der Waals surface area contributed by atoms with E-state index in [2.05, 4.69) is 26.1 Å². The van der Waals surface area contributed by atoms with Gasteiger partial charge in [-0.2, -0.15) is 0 Å².